The molecule has 4 N–H and O–H groups in total. The summed E-state index contributed by atoms with van der Waals surface area (Å²) in [7, 11) is 1.45. The average molecular weight is 604 g/mol. The topological polar surface area (TPSA) is 125 Å². The molecule has 1 saturated carbocycles. The zero-order valence-corrected chi connectivity index (χ0v) is 23.0. The van der Waals surface area contributed by atoms with Crippen molar-refractivity contribution < 1.29 is 46.4 Å². The maximum absolute atomic E-state index is 14.2. The van der Waals surface area contributed by atoms with E-state index in [4.69, 9.17) is 24.7 Å². The molecule has 2 atom stereocenters. The summed E-state index contributed by atoms with van der Waals surface area (Å²) in [5, 5.41) is 14.7. The van der Waals surface area contributed by atoms with Gasteiger partial charge in [0.1, 0.15) is 23.7 Å². The lowest BCUT2D eigenvalue weighted by Crippen LogP contribution is -2.54. The molecule has 3 heterocycles. The number of fused-ring (bicyclic) bond motifs is 1. The van der Waals surface area contributed by atoms with E-state index in [0.717, 1.165) is 31.0 Å². The van der Waals surface area contributed by atoms with E-state index in [2.05, 4.69) is 10.3 Å². The molecule has 1 aliphatic carbocycles. The van der Waals surface area contributed by atoms with Crippen molar-refractivity contribution in [3.63, 3.8) is 0 Å². The van der Waals surface area contributed by atoms with Gasteiger partial charge in [0.15, 0.2) is 22.8 Å². The summed E-state index contributed by atoms with van der Waals surface area (Å²) in [5.41, 5.74) is 0.850. The minimum atomic E-state index is -4.91. The number of aromatic nitrogens is 1. The monoisotopic (exact) mass is 603 g/mol. The maximum atomic E-state index is 14.2. The van der Waals surface area contributed by atoms with Crippen molar-refractivity contribution in [3.8, 4) is 28.5 Å². The average Bonchev–Trinajstić information content (AvgIpc) is 3.70. The van der Waals surface area contributed by atoms with Crippen molar-refractivity contribution in [2.24, 2.45) is 11.7 Å². The third-order valence-corrected chi connectivity index (χ3v) is 8.04. The molecule has 43 heavy (non-hydrogen) atoms. The zero-order chi connectivity index (χ0) is 30.6. The quantitative estimate of drug-likeness (QED) is 0.316. The number of benzene rings is 2. The van der Waals surface area contributed by atoms with Crippen LogP contribution in [-0.2, 0) is 15.9 Å². The van der Waals surface area contributed by atoms with Crippen LogP contribution in [0.15, 0.2) is 48.5 Å². The van der Waals surface area contributed by atoms with Crippen molar-refractivity contribution in [1.82, 2.24) is 10.3 Å². The molecule has 1 aromatic heterocycles. The molecule has 2 aliphatic heterocycles. The number of rotatable bonds is 9. The molecule has 1 unspecified atom stereocenters. The van der Waals surface area contributed by atoms with Gasteiger partial charge in [0, 0.05) is 22.6 Å². The summed E-state index contributed by atoms with van der Waals surface area (Å²) >= 11 is 0. The Hall–Kier alpha value is -3.94. The number of halogens is 4. The van der Waals surface area contributed by atoms with Crippen LogP contribution in [0.25, 0.3) is 11.3 Å². The molecule has 0 spiro atoms. The van der Waals surface area contributed by atoms with Crippen molar-refractivity contribution in [2.45, 2.75) is 36.3 Å². The minimum Gasteiger partial charge on any atom is -0.493 e. The minimum absolute atomic E-state index is 0.0509. The highest BCUT2D eigenvalue weighted by atomic mass is 19.4. The summed E-state index contributed by atoms with van der Waals surface area (Å²) < 4.78 is 78.3. The highest BCUT2D eigenvalue weighted by Crippen LogP contribution is 2.50. The number of nitrogens with two attached hydrogens (primary N) is 1. The first-order chi connectivity index (χ1) is 20.4. The lowest BCUT2D eigenvalue weighted by Gasteiger charge is -2.41. The van der Waals surface area contributed by atoms with Gasteiger partial charge in [-0.2, -0.15) is 13.2 Å². The molecule has 1 amide bonds. The van der Waals surface area contributed by atoms with E-state index in [9.17, 15) is 27.5 Å². The third kappa shape index (κ3) is 5.25. The van der Waals surface area contributed by atoms with Crippen LogP contribution in [-0.4, -0.2) is 61.8 Å². The Morgan fingerprint density at radius 1 is 1.14 bits per heavy atom. The molecular weight excluding hydrogens is 574 g/mol. The lowest BCUT2D eigenvalue weighted by molar-refractivity contribution is -0.191. The molecule has 3 aliphatic rings. The van der Waals surface area contributed by atoms with E-state index >= 15 is 0 Å². The summed E-state index contributed by atoms with van der Waals surface area (Å²) in [6.07, 6.45) is -2.91. The Kier molecular flexibility index (Phi) is 7.22. The van der Waals surface area contributed by atoms with E-state index < -0.39 is 53.7 Å². The molecule has 0 radical (unpaired) electrons. The Morgan fingerprint density at radius 2 is 1.86 bits per heavy atom. The fourth-order valence-electron chi connectivity index (χ4n) is 5.08. The molecule has 1 saturated heterocycles. The van der Waals surface area contributed by atoms with Crippen LogP contribution in [0.2, 0.25) is 0 Å². The highest BCUT2D eigenvalue weighted by molar-refractivity contribution is 5.95. The number of alkyl halides is 3. The van der Waals surface area contributed by atoms with Crippen molar-refractivity contribution >= 4 is 5.91 Å². The number of carbonyl (C=O) groups is 1. The van der Waals surface area contributed by atoms with Gasteiger partial charge < -0.3 is 35.1 Å². The van der Waals surface area contributed by atoms with E-state index in [1.54, 1.807) is 12.1 Å². The number of carbonyl (C=O) groups excluding carboxylic acids is 1. The van der Waals surface area contributed by atoms with Crippen LogP contribution in [0, 0.1) is 11.7 Å². The van der Waals surface area contributed by atoms with Crippen LogP contribution < -0.4 is 25.3 Å². The largest absolute Gasteiger partial charge is 0.493 e. The number of hydrogen-bond donors (Lipinski definition) is 3. The molecule has 6 rings (SSSR count). The Labute approximate surface area is 243 Å². The number of ether oxygens (including phenoxy) is 4. The number of nitrogens with one attached hydrogen (secondary N) is 1. The first-order valence-corrected chi connectivity index (χ1v) is 13.7. The van der Waals surface area contributed by atoms with Gasteiger partial charge in [-0.15, -0.1) is 0 Å². The van der Waals surface area contributed by atoms with Crippen molar-refractivity contribution in [3.05, 3.63) is 71.2 Å². The molecular formula is C30H29F4N3O6. The van der Waals surface area contributed by atoms with Gasteiger partial charge in [-0.25, -0.2) is 9.37 Å². The van der Waals surface area contributed by atoms with Crippen LogP contribution in [0.1, 0.15) is 34.5 Å². The maximum Gasteiger partial charge on any atom is 0.414 e. The van der Waals surface area contributed by atoms with Gasteiger partial charge in [0.05, 0.1) is 38.7 Å². The summed E-state index contributed by atoms with van der Waals surface area (Å²) in [5.74, 6) is -1.11. The first-order valence-electron chi connectivity index (χ1n) is 13.7. The molecule has 0 bridgehead atoms. The second-order valence-corrected chi connectivity index (χ2v) is 11.0. The van der Waals surface area contributed by atoms with Crippen LogP contribution in [0.5, 0.6) is 17.2 Å². The van der Waals surface area contributed by atoms with E-state index in [-0.39, 0.29) is 47.6 Å². The number of amides is 1. The first kappa shape index (κ1) is 29.1. The predicted octanol–water partition coefficient (Wildman–Crippen LogP) is 3.81. The SMILES string of the molecule is COc1cc(C(=O)NCC(O)(c2cc3c(c(-c4ccc(F)cc4)n2)OC[C@@]3(N)C(F)(F)F)C2COC2)ccc1OC1CC1. The smallest absolute Gasteiger partial charge is 0.414 e. The highest BCUT2D eigenvalue weighted by Gasteiger charge is 2.59. The van der Waals surface area contributed by atoms with Gasteiger partial charge in [0.2, 0.25) is 0 Å². The van der Waals surface area contributed by atoms with Gasteiger partial charge >= 0.3 is 6.18 Å². The normalized spacial score (nSPS) is 21.3. The Balaban J connectivity index is 1.37. The second kappa shape index (κ2) is 10.6. The van der Waals surface area contributed by atoms with Crippen LogP contribution in [0.3, 0.4) is 0 Å². The van der Waals surface area contributed by atoms with E-state index in [1.165, 1.54) is 25.3 Å². The fraction of sp³-hybridized carbons (Fsp3) is 0.400. The Bertz CT molecular complexity index is 1540. The second-order valence-electron chi connectivity index (χ2n) is 11.0. The number of nitrogens with zero attached hydrogens (tertiary/aromatic N) is 1. The zero-order valence-electron chi connectivity index (χ0n) is 23.0. The summed E-state index contributed by atoms with van der Waals surface area (Å²) in [4.78, 5) is 17.7. The number of pyridine rings is 1. The molecule has 2 fully saturated rings. The fourth-order valence-corrected chi connectivity index (χ4v) is 5.08. The summed E-state index contributed by atoms with van der Waals surface area (Å²) in [6, 6.07) is 10.7. The lowest BCUT2D eigenvalue weighted by atomic mass is 9.80. The predicted molar refractivity (Wildman–Crippen MR) is 144 cm³/mol. The van der Waals surface area contributed by atoms with Crippen molar-refractivity contribution in [1.29, 1.82) is 0 Å². The van der Waals surface area contributed by atoms with Gasteiger partial charge in [-0.1, -0.05) is 0 Å². The molecule has 228 valence electrons. The van der Waals surface area contributed by atoms with E-state index in [1.807, 2.05) is 0 Å². The van der Waals surface area contributed by atoms with Gasteiger partial charge in [0.25, 0.3) is 5.91 Å². The summed E-state index contributed by atoms with van der Waals surface area (Å²) in [6.45, 7) is -1.18. The van der Waals surface area contributed by atoms with E-state index in [0.29, 0.717) is 11.5 Å². The molecule has 13 heteroatoms. The molecule has 9 nitrogen and oxygen atoms in total. The van der Waals surface area contributed by atoms with Crippen LogP contribution >= 0.6 is 0 Å². The van der Waals surface area contributed by atoms with Crippen molar-refractivity contribution in [2.75, 3.05) is 33.5 Å². The van der Waals surface area contributed by atoms with Gasteiger partial charge in [-0.3, -0.25) is 4.79 Å². The van der Waals surface area contributed by atoms with Gasteiger partial charge in [-0.05, 0) is 61.4 Å². The standard InChI is InChI=1S/C30H29F4N3O6/c1-40-23-10-17(4-9-22(23)43-20-7-8-20)27(38)36-14-28(39,18-12-41-13-18)24-11-21-26(42-15-29(21,35)30(32,33)34)25(37-24)16-2-5-19(31)6-3-16/h2-6,9-11,18,20,39H,7-8,12-15,35H2,1H3,(H,36,38)/t28?,29-/m0/s1. The van der Waals surface area contributed by atoms with Crippen LogP contribution in [0.4, 0.5) is 17.6 Å². The third-order valence-electron chi connectivity index (χ3n) is 8.04. The number of aliphatic hydroxyl groups is 1. The molecule has 3 aromatic rings. The number of hydrogen-bond acceptors (Lipinski definition) is 8. The molecule has 2 aromatic carbocycles. The Morgan fingerprint density at radius 3 is 2.47 bits per heavy atom. The number of methoxy groups -OCH3 is 1.